The molecular weight excluding hydrogens is 251 g/mol. The van der Waals surface area contributed by atoms with Crippen LogP contribution in [-0.2, 0) is 9.59 Å². The first-order valence-corrected chi connectivity index (χ1v) is 5.61. The van der Waals surface area contributed by atoms with E-state index in [9.17, 15) is 14.0 Å². The zero-order valence-electron chi connectivity index (χ0n) is 9.87. The highest BCUT2D eigenvalue weighted by Crippen LogP contribution is 2.14. The van der Waals surface area contributed by atoms with E-state index in [2.05, 4.69) is 16.0 Å². The van der Waals surface area contributed by atoms with Crippen molar-refractivity contribution in [3.8, 4) is 6.07 Å². The summed E-state index contributed by atoms with van der Waals surface area (Å²) in [4.78, 5) is 22.8. The number of carbonyl (C=O) groups is 2. The van der Waals surface area contributed by atoms with Gasteiger partial charge in [-0.3, -0.25) is 14.9 Å². The maximum atomic E-state index is 13.1. The predicted octanol–water partition coefficient (Wildman–Crippen LogP) is -0.276. The lowest BCUT2D eigenvalue weighted by atomic mass is 10.2. The molecule has 1 aromatic rings. The Morgan fingerprint density at radius 1 is 1.53 bits per heavy atom. The predicted molar refractivity (Wildman–Crippen MR) is 64.5 cm³/mol. The molecule has 7 heteroatoms. The summed E-state index contributed by atoms with van der Waals surface area (Å²) in [5, 5.41) is 16.6. The van der Waals surface area contributed by atoms with Crippen LogP contribution in [0.1, 0.15) is 5.56 Å². The van der Waals surface area contributed by atoms with Gasteiger partial charge in [-0.15, -0.1) is 0 Å². The molecule has 0 saturated carbocycles. The van der Waals surface area contributed by atoms with Gasteiger partial charge < -0.3 is 10.6 Å². The Balaban J connectivity index is 2.03. The monoisotopic (exact) mass is 262 g/mol. The summed E-state index contributed by atoms with van der Waals surface area (Å²) < 4.78 is 13.1. The van der Waals surface area contributed by atoms with Gasteiger partial charge in [0.15, 0.2) is 0 Å². The van der Waals surface area contributed by atoms with E-state index in [0.29, 0.717) is 5.69 Å². The van der Waals surface area contributed by atoms with Gasteiger partial charge in [-0.1, -0.05) is 0 Å². The molecule has 0 bridgehead atoms. The Labute approximate surface area is 108 Å². The molecule has 1 aromatic carbocycles. The minimum atomic E-state index is -0.636. The maximum absolute atomic E-state index is 13.1. The summed E-state index contributed by atoms with van der Waals surface area (Å²) >= 11 is 0. The van der Waals surface area contributed by atoms with Crippen molar-refractivity contribution in [1.29, 1.82) is 5.26 Å². The molecule has 1 aliphatic heterocycles. The van der Waals surface area contributed by atoms with Crippen LogP contribution in [0.4, 0.5) is 10.1 Å². The van der Waals surface area contributed by atoms with Crippen molar-refractivity contribution >= 4 is 17.5 Å². The molecule has 19 heavy (non-hydrogen) atoms. The third-order valence-electron chi connectivity index (χ3n) is 2.68. The van der Waals surface area contributed by atoms with Crippen molar-refractivity contribution < 1.29 is 14.0 Å². The van der Waals surface area contributed by atoms with E-state index in [-0.39, 0.29) is 30.5 Å². The number of hydrogen-bond donors (Lipinski definition) is 3. The molecule has 3 N–H and O–H groups in total. The topological polar surface area (TPSA) is 94.0 Å². The fourth-order valence-electron chi connectivity index (χ4n) is 1.67. The standard InChI is InChI=1S/C12H11FN4O2/c13-9-2-1-8(3-7(9)4-14)17-12(19)10-5-16-11(18)6-15-10/h1-3,10,15H,5-6H2,(H,16,18)(H,17,19). The Morgan fingerprint density at radius 3 is 2.95 bits per heavy atom. The number of piperazine rings is 1. The summed E-state index contributed by atoms with van der Waals surface area (Å²) in [6, 6.07) is 4.89. The lowest BCUT2D eigenvalue weighted by Crippen LogP contribution is -2.56. The quantitative estimate of drug-likeness (QED) is 0.683. The van der Waals surface area contributed by atoms with Gasteiger partial charge in [0.05, 0.1) is 12.1 Å². The lowest BCUT2D eigenvalue weighted by molar-refractivity contribution is -0.124. The molecule has 1 heterocycles. The number of benzene rings is 1. The summed E-state index contributed by atoms with van der Waals surface area (Å²) in [7, 11) is 0. The summed E-state index contributed by atoms with van der Waals surface area (Å²) in [5.74, 6) is -1.16. The molecule has 0 aromatic heterocycles. The molecular formula is C12H11FN4O2. The van der Waals surface area contributed by atoms with E-state index in [1.165, 1.54) is 12.1 Å². The van der Waals surface area contributed by atoms with E-state index in [4.69, 9.17) is 5.26 Å². The van der Waals surface area contributed by atoms with Crippen LogP contribution in [0.3, 0.4) is 0 Å². The number of amides is 2. The fraction of sp³-hybridized carbons (Fsp3) is 0.250. The van der Waals surface area contributed by atoms with Crippen molar-refractivity contribution in [2.45, 2.75) is 6.04 Å². The van der Waals surface area contributed by atoms with Gasteiger partial charge in [-0.2, -0.15) is 5.26 Å². The van der Waals surface area contributed by atoms with Crippen LogP contribution in [0, 0.1) is 17.1 Å². The Kier molecular flexibility index (Phi) is 3.73. The molecule has 1 atom stereocenters. The van der Waals surface area contributed by atoms with Gasteiger partial charge in [0.2, 0.25) is 11.8 Å². The molecule has 1 saturated heterocycles. The smallest absolute Gasteiger partial charge is 0.243 e. The van der Waals surface area contributed by atoms with E-state index < -0.39 is 11.9 Å². The number of nitrogens with one attached hydrogen (secondary N) is 3. The van der Waals surface area contributed by atoms with E-state index in [0.717, 1.165) is 6.07 Å². The zero-order chi connectivity index (χ0) is 13.8. The summed E-state index contributed by atoms with van der Waals surface area (Å²) in [6.07, 6.45) is 0. The van der Waals surface area contributed by atoms with E-state index in [1.54, 1.807) is 6.07 Å². The average Bonchev–Trinajstić information content (AvgIpc) is 2.41. The van der Waals surface area contributed by atoms with Gasteiger partial charge in [0.25, 0.3) is 0 Å². The second-order valence-electron chi connectivity index (χ2n) is 4.03. The minimum Gasteiger partial charge on any atom is -0.353 e. The molecule has 1 fully saturated rings. The Morgan fingerprint density at radius 2 is 2.32 bits per heavy atom. The van der Waals surface area contributed by atoms with Crippen molar-refractivity contribution in [3.63, 3.8) is 0 Å². The average molecular weight is 262 g/mol. The van der Waals surface area contributed by atoms with E-state index in [1.807, 2.05) is 0 Å². The van der Waals surface area contributed by atoms with Gasteiger partial charge >= 0.3 is 0 Å². The van der Waals surface area contributed by atoms with Gasteiger partial charge in [0, 0.05) is 12.2 Å². The molecule has 6 nitrogen and oxygen atoms in total. The van der Waals surface area contributed by atoms with Crippen molar-refractivity contribution in [2.75, 3.05) is 18.4 Å². The number of anilines is 1. The van der Waals surface area contributed by atoms with Crippen LogP contribution >= 0.6 is 0 Å². The van der Waals surface area contributed by atoms with Crippen LogP contribution in [0.15, 0.2) is 18.2 Å². The second-order valence-corrected chi connectivity index (χ2v) is 4.03. The lowest BCUT2D eigenvalue weighted by Gasteiger charge is -2.23. The first-order chi connectivity index (χ1) is 9.10. The molecule has 98 valence electrons. The van der Waals surface area contributed by atoms with E-state index >= 15 is 0 Å². The minimum absolute atomic E-state index is 0.0744. The number of nitrogens with zero attached hydrogens (tertiary/aromatic N) is 1. The van der Waals surface area contributed by atoms with Crippen LogP contribution in [0.5, 0.6) is 0 Å². The molecule has 2 amide bonds. The first-order valence-electron chi connectivity index (χ1n) is 5.61. The molecule has 1 unspecified atom stereocenters. The number of nitriles is 1. The van der Waals surface area contributed by atoms with Crippen molar-refractivity contribution in [2.24, 2.45) is 0 Å². The highest BCUT2D eigenvalue weighted by atomic mass is 19.1. The highest BCUT2D eigenvalue weighted by Gasteiger charge is 2.23. The summed E-state index contributed by atoms with van der Waals surface area (Å²) in [5.41, 5.74) is 0.198. The SMILES string of the molecule is N#Cc1cc(NC(=O)C2CNC(=O)CN2)ccc1F. The molecule has 0 spiro atoms. The highest BCUT2D eigenvalue weighted by molar-refractivity contribution is 5.96. The van der Waals surface area contributed by atoms with Gasteiger partial charge in [0.1, 0.15) is 17.9 Å². The van der Waals surface area contributed by atoms with Crippen LogP contribution in [0.2, 0.25) is 0 Å². The summed E-state index contributed by atoms with van der Waals surface area (Å²) in [6.45, 7) is 0.266. The van der Waals surface area contributed by atoms with Gasteiger partial charge in [-0.05, 0) is 18.2 Å². The van der Waals surface area contributed by atoms with Crippen molar-refractivity contribution in [1.82, 2.24) is 10.6 Å². The van der Waals surface area contributed by atoms with Gasteiger partial charge in [-0.25, -0.2) is 4.39 Å². The largest absolute Gasteiger partial charge is 0.353 e. The Hall–Kier alpha value is -2.46. The zero-order valence-corrected chi connectivity index (χ0v) is 9.87. The number of hydrogen-bond acceptors (Lipinski definition) is 4. The maximum Gasteiger partial charge on any atom is 0.243 e. The molecule has 0 aliphatic carbocycles. The number of rotatable bonds is 2. The second kappa shape index (κ2) is 5.46. The first kappa shape index (κ1) is 13.0. The normalized spacial score (nSPS) is 18.3. The van der Waals surface area contributed by atoms with Crippen LogP contribution in [-0.4, -0.2) is 30.9 Å². The van der Waals surface area contributed by atoms with Crippen LogP contribution in [0.25, 0.3) is 0 Å². The fourth-order valence-corrected chi connectivity index (χ4v) is 1.67. The molecule has 1 aliphatic rings. The van der Waals surface area contributed by atoms with Crippen molar-refractivity contribution in [3.05, 3.63) is 29.6 Å². The Bertz CT molecular complexity index is 557. The third kappa shape index (κ3) is 3.05. The molecule has 0 radical (unpaired) electrons. The molecule has 2 rings (SSSR count). The number of carbonyl (C=O) groups excluding carboxylic acids is 2. The third-order valence-corrected chi connectivity index (χ3v) is 2.68. The number of halogens is 1. The van der Waals surface area contributed by atoms with Crippen LogP contribution < -0.4 is 16.0 Å².